The van der Waals surface area contributed by atoms with Crippen LogP contribution in [0.3, 0.4) is 0 Å². The molecule has 6 heterocycles. The zero-order valence-electron chi connectivity index (χ0n) is 34.4. The third-order valence-corrected chi connectivity index (χ3v) is 13.0. The SMILES string of the molecule is O=C1CCC(n2nnc3ccc(N4CCN(CC5CCN(c6ccc(Nc7ncnc8c7ncn8C7CC(NC(=O)Cc8ccccc8)C7)cc6)CC5)CC4)cc3c2=O)C(=O)N1. The second-order valence-corrected chi connectivity index (χ2v) is 17.0. The van der Waals surface area contributed by atoms with E-state index in [1.54, 1.807) is 6.33 Å². The van der Waals surface area contributed by atoms with Gasteiger partial charge in [0, 0.05) is 81.4 Å². The molecule has 1 saturated carbocycles. The Hall–Kier alpha value is -6.75. The van der Waals surface area contributed by atoms with Crippen LogP contribution in [0.25, 0.3) is 22.1 Å². The summed E-state index contributed by atoms with van der Waals surface area (Å²) in [5.74, 6) is 0.484. The fourth-order valence-electron chi connectivity index (χ4n) is 9.38. The van der Waals surface area contributed by atoms with E-state index in [0.29, 0.717) is 29.1 Å². The Morgan fingerprint density at radius 2 is 1.56 bits per heavy atom. The van der Waals surface area contributed by atoms with Gasteiger partial charge in [0.2, 0.25) is 11.8 Å². The molecule has 0 spiro atoms. The summed E-state index contributed by atoms with van der Waals surface area (Å²) in [5, 5.41) is 17.6. The fourth-order valence-corrected chi connectivity index (χ4v) is 9.38. The number of imide groups is 1. The van der Waals surface area contributed by atoms with Gasteiger partial charge in [-0.05, 0) is 86.1 Å². The van der Waals surface area contributed by atoms with E-state index in [4.69, 9.17) is 4.98 Å². The average Bonchev–Trinajstić information content (AvgIpc) is 3.71. The highest BCUT2D eigenvalue weighted by atomic mass is 16.2. The third-order valence-electron chi connectivity index (χ3n) is 13.0. The zero-order chi connectivity index (χ0) is 42.2. The molecule has 318 valence electrons. The lowest BCUT2D eigenvalue weighted by molar-refractivity contribution is -0.136. The number of piperazine rings is 1. The lowest BCUT2D eigenvalue weighted by Gasteiger charge is -2.40. The summed E-state index contributed by atoms with van der Waals surface area (Å²) in [6.45, 7) is 6.68. The summed E-state index contributed by atoms with van der Waals surface area (Å²) in [7, 11) is 0. The van der Waals surface area contributed by atoms with Gasteiger partial charge in [-0.25, -0.2) is 15.0 Å². The number of imidazole rings is 1. The highest BCUT2D eigenvalue weighted by molar-refractivity contribution is 5.99. The standard InChI is InChI=1S/C45H49N13O4/c59-39-13-12-38(44(61)51-39)58-45(62)36-25-34(10-11-37(36)52-53-58)56-20-18-54(19-21-56)26-30-14-16-55(17-15-30)33-8-6-31(7-9-33)50-42-41-43(47-27-46-42)57(28-48-41)35-23-32(24-35)49-40(60)22-29-4-2-1-3-5-29/h1-11,25,27-28,30,32,35,38H,12-24,26H2,(H,49,60)(H,46,47,50)(H,51,59,61). The van der Waals surface area contributed by atoms with Crippen LogP contribution in [0.15, 0.2) is 90.2 Å². The first kappa shape index (κ1) is 39.4. The molecule has 17 heteroatoms. The van der Waals surface area contributed by atoms with Crippen molar-refractivity contribution in [1.29, 1.82) is 0 Å². The Kier molecular flexibility index (Phi) is 10.8. The second kappa shape index (κ2) is 17.0. The summed E-state index contributed by atoms with van der Waals surface area (Å²) in [4.78, 5) is 71.2. The number of carbonyl (C=O) groups excluding carboxylic acids is 3. The van der Waals surface area contributed by atoms with Gasteiger partial charge in [-0.2, -0.15) is 4.68 Å². The number of piperidine rings is 2. The van der Waals surface area contributed by atoms with Crippen molar-refractivity contribution in [2.24, 2.45) is 5.92 Å². The van der Waals surface area contributed by atoms with Gasteiger partial charge >= 0.3 is 0 Å². The molecule has 3 aromatic heterocycles. The highest BCUT2D eigenvalue weighted by Crippen LogP contribution is 2.36. The maximum atomic E-state index is 13.4. The molecule has 62 heavy (non-hydrogen) atoms. The van der Waals surface area contributed by atoms with E-state index in [1.807, 2.05) is 54.9 Å². The van der Waals surface area contributed by atoms with Gasteiger partial charge in [0.1, 0.15) is 17.9 Å². The van der Waals surface area contributed by atoms with Gasteiger partial charge in [-0.3, -0.25) is 29.4 Å². The zero-order valence-corrected chi connectivity index (χ0v) is 34.4. The molecule has 1 aliphatic carbocycles. The summed E-state index contributed by atoms with van der Waals surface area (Å²) < 4.78 is 3.22. The molecule has 4 aliphatic rings. The Labute approximate surface area is 357 Å². The number of amides is 3. The van der Waals surface area contributed by atoms with E-state index in [1.165, 1.54) is 5.69 Å². The van der Waals surface area contributed by atoms with Gasteiger partial charge in [-0.15, -0.1) is 5.10 Å². The van der Waals surface area contributed by atoms with Crippen molar-refractivity contribution >= 4 is 62.7 Å². The van der Waals surface area contributed by atoms with Gasteiger partial charge in [0.15, 0.2) is 17.0 Å². The van der Waals surface area contributed by atoms with E-state index >= 15 is 0 Å². The van der Waals surface area contributed by atoms with Crippen LogP contribution < -0.4 is 31.3 Å². The minimum Gasteiger partial charge on any atom is -0.372 e. The molecule has 3 N–H and O–H groups in total. The maximum absolute atomic E-state index is 13.4. The van der Waals surface area contributed by atoms with Crippen LogP contribution in [0, 0.1) is 5.92 Å². The van der Waals surface area contributed by atoms with Crippen molar-refractivity contribution in [3.63, 3.8) is 0 Å². The number of fused-ring (bicyclic) bond motifs is 2. The highest BCUT2D eigenvalue weighted by Gasteiger charge is 2.34. The van der Waals surface area contributed by atoms with Crippen LogP contribution in [0.2, 0.25) is 0 Å². The Morgan fingerprint density at radius 1 is 0.806 bits per heavy atom. The summed E-state index contributed by atoms with van der Waals surface area (Å²) in [6, 6.07) is 23.5. The van der Waals surface area contributed by atoms with Crippen LogP contribution >= 0.6 is 0 Å². The van der Waals surface area contributed by atoms with Crippen LogP contribution in [0.4, 0.5) is 22.9 Å². The molecule has 3 aliphatic heterocycles. The summed E-state index contributed by atoms with van der Waals surface area (Å²) in [6.07, 6.45) is 8.12. The largest absolute Gasteiger partial charge is 0.372 e. The smallest absolute Gasteiger partial charge is 0.278 e. The summed E-state index contributed by atoms with van der Waals surface area (Å²) in [5.41, 5.74) is 5.72. The van der Waals surface area contributed by atoms with E-state index < -0.39 is 11.9 Å². The predicted molar refractivity (Wildman–Crippen MR) is 234 cm³/mol. The lowest BCUT2D eigenvalue weighted by Crippen LogP contribution is -2.49. The minimum absolute atomic E-state index is 0.0480. The van der Waals surface area contributed by atoms with E-state index in [-0.39, 0.29) is 42.3 Å². The number of anilines is 4. The molecular formula is C45H49N13O4. The molecule has 1 atom stereocenters. The second-order valence-electron chi connectivity index (χ2n) is 17.0. The molecular weight excluding hydrogens is 787 g/mol. The Bertz CT molecular complexity index is 2660. The van der Waals surface area contributed by atoms with Crippen molar-refractivity contribution in [2.75, 3.05) is 60.9 Å². The molecule has 0 bridgehead atoms. The van der Waals surface area contributed by atoms with Crippen molar-refractivity contribution in [3.8, 4) is 0 Å². The summed E-state index contributed by atoms with van der Waals surface area (Å²) >= 11 is 0. The van der Waals surface area contributed by atoms with Crippen LogP contribution in [0.5, 0.6) is 0 Å². The van der Waals surface area contributed by atoms with Crippen molar-refractivity contribution in [2.45, 2.75) is 63.1 Å². The number of carbonyl (C=O) groups is 3. The van der Waals surface area contributed by atoms with Crippen LogP contribution in [-0.4, -0.2) is 109 Å². The predicted octanol–water partition coefficient (Wildman–Crippen LogP) is 3.75. The molecule has 3 amide bonds. The van der Waals surface area contributed by atoms with Gasteiger partial charge in [-0.1, -0.05) is 35.5 Å². The fraction of sp³-hybridized carbons (Fsp3) is 0.400. The van der Waals surface area contributed by atoms with Crippen molar-refractivity contribution in [3.05, 3.63) is 101 Å². The first-order valence-corrected chi connectivity index (χ1v) is 21.6. The van der Waals surface area contributed by atoms with Crippen LogP contribution in [-0.2, 0) is 20.8 Å². The number of rotatable bonds is 11. The van der Waals surface area contributed by atoms with Crippen molar-refractivity contribution in [1.82, 2.24) is 50.0 Å². The van der Waals surface area contributed by atoms with Gasteiger partial charge < -0.3 is 25.0 Å². The molecule has 6 aromatic rings. The van der Waals surface area contributed by atoms with Gasteiger partial charge in [0.25, 0.3) is 11.5 Å². The van der Waals surface area contributed by atoms with E-state index in [2.05, 4.69) is 79.8 Å². The van der Waals surface area contributed by atoms with E-state index in [9.17, 15) is 19.2 Å². The normalized spacial score (nSPS) is 21.2. The molecule has 17 nitrogen and oxygen atoms in total. The molecule has 0 radical (unpaired) electrons. The van der Waals surface area contributed by atoms with Gasteiger partial charge in [0.05, 0.1) is 18.1 Å². The maximum Gasteiger partial charge on any atom is 0.278 e. The number of nitrogens with zero attached hydrogens (tertiary/aromatic N) is 10. The molecule has 4 fully saturated rings. The topological polar surface area (TPSA) is 188 Å². The number of hydrogen-bond acceptors (Lipinski definition) is 13. The average molecular weight is 836 g/mol. The quantitative estimate of drug-likeness (QED) is 0.160. The van der Waals surface area contributed by atoms with E-state index in [0.717, 1.165) is 104 Å². The van der Waals surface area contributed by atoms with Crippen LogP contribution in [0.1, 0.15) is 56.2 Å². The number of aromatic nitrogens is 7. The molecule has 3 aromatic carbocycles. The Balaban J connectivity index is 0.684. The third kappa shape index (κ3) is 8.19. The Morgan fingerprint density at radius 3 is 2.34 bits per heavy atom. The minimum atomic E-state index is -0.845. The van der Waals surface area contributed by atoms with Crippen molar-refractivity contribution < 1.29 is 14.4 Å². The molecule has 1 unspecified atom stereocenters. The number of benzene rings is 3. The number of nitrogens with one attached hydrogen (secondary N) is 3. The monoisotopic (exact) mass is 835 g/mol. The first-order chi connectivity index (χ1) is 30.3. The molecule has 3 saturated heterocycles. The molecule has 10 rings (SSSR count). The lowest BCUT2D eigenvalue weighted by atomic mass is 9.86. The first-order valence-electron chi connectivity index (χ1n) is 21.6. The number of hydrogen-bond donors (Lipinski definition) is 3.